The minimum absolute atomic E-state index is 0.145. The van der Waals surface area contributed by atoms with Gasteiger partial charge >= 0.3 is 6.09 Å². The van der Waals surface area contributed by atoms with Gasteiger partial charge in [-0.25, -0.2) is 4.79 Å². The van der Waals surface area contributed by atoms with Crippen molar-refractivity contribution in [1.29, 1.82) is 0 Å². The first-order chi connectivity index (χ1) is 7.29. The Hall–Kier alpha value is -0.770. The first-order valence-corrected chi connectivity index (χ1v) is 5.47. The predicted octanol–water partition coefficient (Wildman–Crippen LogP) is 1.78. The minimum atomic E-state index is -0.502. The summed E-state index contributed by atoms with van der Waals surface area (Å²) < 4.78 is 13.0. The molecule has 3 N–H and O–H groups in total. The number of carbonyl (C=O) groups excluding carboxylic acids is 1. The van der Waals surface area contributed by atoms with Crippen molar-refractivity contribution in [2.45, 2.75) is 64.1 Å². The lowest BCUT2D eigenvalue weighted by molar-refractivity contribution is 0.0491. The molecule has 1 fully saturated rings. The van der Waals surface area contributed by atoms with Crippen molar-refractivity contribution in [3.05, 3.63) is 0 Å². The zero-order valence-electron chi connectivity index (χ0n) is 10.7. The van der Waals surface area contributed by atoms with E-state index in [4.69, 9.17) is 11.8 Å². The Morgan fingerprint density at radius 1 is 1.53 bits per heavy atom. The van der Waals surface area contributed by atoms with Crippen LogP contribution >= 0.6 is 0 Å². The Labute approximate surface area is 93.0 Å². The summed E-state index contributed by atoms with van der Waals surface area (Å²) in [5, 5.41) is 2.73. The van der Waals surface area contributed by atoms with Crippen LogP contribution in [0, 0.1) is 0 Å². The van der Waals surface area contributed by atoms with Gasteiger partial charge < -0.3 is 15.8 Å². The predicted molar refractivity (Wildman–Crippen MR) is 59.6 cm³/mol. The maximum Gasteiger partial charge on any atom is 0.407 e. The molecule has 3 atom stereocenters. The summed E-state index contributed by atoms with van der Waals surface area (Å²) in [6, 6.07) is -0.327. The van der Waals surface area contributed by atoms with Gasteiger partial charge in [0.15, 0.2) is 0 Å². The quantitative estimate of drug-likeness (QED) is 0.700. The van der Waals surface area contributed by atoms with Gasteiger partial charge in [-0.2, -0.15) is 0 Å². The summed E-state index contributed by atoms with van der Waals surface area (Å²) in [5.74, 6) is 0. The number of ether oxygens (including phenoxy) is 1. The van der Waals surface area contributed by atoms with E-state index in [1.807, 2.05) is 20.8 Å². The number of alkyl carbamates (subject to hydrolysis) is 1. The molecule has 4 nitrogen and oxygen atoms in total. The number of carbonyl (C=O) groups is 1. The van der Waals surface area contributed by atoms with Gasteiger partial charge in [0.05, 0.1) is 0 Å². The van der Waals surface area contributed by atoms with Gasteiger partial charge in [-0.05, 0) is 46.4 Å². The Morgan fingerprint density at radius 2 is 2.20 bits per heavy atom. The molecule has 1 rings (SSSR count). The normalized spacial score (nSPS) is 33.1. The molecule has 0 aliphatic heterocycles. The van der Waals surface area contributed by atoms with E-state index < -0.39 is 18.1 Å². The van der Waals surface area contributed by atoms with Crippen molar-refractivity contribution < 1.29 is 10.9 Å². The van der Waals surface area contributed by atoms with Crippen LogP contribution < -0.4 is 11.1 Å². The van der Waals surface area contributed by atoms with Crippen LogP contribution in [0.5, 0.6) is 0 Å². The second kappa shape index (κ2) is 4.84. The molecular formula is C11H22N2O2. The van der Waals surface area contributed by atoms with Crippen LogP contribution in [0.15, 0.2) is 0 Å². The molecule has 1 aliphatic carbocycles. The summed E-state index contributed by atoms with van der Waals surface area (Å²) >= 11 is 0. The summed E-state index contributed by atoms with van der Waals surface area (Å²) in [5.41, 5.74) is 5.29. The fourth-order valence-electron chi connectivity index (χ4n) is 1.64. The maximum absolute atomic E-state index is 11.5. The van der Waals surface area contributed by atoms with E-state index in [1.54, 1.807) is 0 Å². The molecule has 1 aliphatic rings. The van der Waals surface area contributed by atoms with Crippen LogP contribution in [-0.2, 0) is 4.74 Å². The van der Waals surface area contributed by atoms with Gasteiger partial charge in [0.25, 0.3) is 0 Å². The molecular weight excluding hydrogens is 192 g/mol. The van der Waals surface area contributed by atoms with Crippen molar-refractivity contribution in [3.63, 3.8) is 0 Å². The molecule has 88 valence electrons. The summed E-state index contributed by atoms with van der Waals surface area (Å²) in [6.45, 7) is 5.45. The third-order valence-corrected chi connectivity index (χ3v) is 2.23. The molecule has 0 aromatic carbocycles. The molecule has 1 amide bonds. The van der Waals surface area contributed by atoms with E-state index in [-0.39, 0.29) is 12.1 Å². The van der Waals surface area contributed by atoms with Crippen molar-refractivity contribution in [1.82, 2.24) is 5.32 Å². The highest BCUT2D eigenvalue weighted by molar-refractivity contribution is 5.68. The second-order valence-corrected chi connectivity index (χ2v) is 5.04. The number of hydrogen-bond acceptors (Lipinski definition) is 3. The van der Waals surface area contributed by atoms with Crippen molar-refractivity contribution in [2.75, 3.05) is 0 Å². The Morgan fingerprint density at radius 3 is 2.80 bits per heavy atom. The number of hydrogen-bond donors (Lipinski definition) is 2. The molecule has 0 saturated heterocycles. The Bertz CT molecular complexity index is 253. The average molecular weight is 215 g/mol. The molecule has 0 heterocycles. The maximum atomic E-state index is 11.5. The Kier molecular flexibility index (Phi) is 3.46. The van der Waals surface area contributed by atoms with E-state index in [0.29, 0.717) is 0 Å². The second-order valence-electron chi connectivity index (χ2n) is 5.04. The highest BCUT2D eigenvalue weighted by Gasteiger charge is 2.23. The topological polar surface area (TPSA) is 64.3 Å². The third kappa shape index (κ3) is 5.02. The zero-order valence-corrected chi connectivity index (χ0v) is 9.75. The van der Waals surface area contributed by atoms with E-state index in [1.165, 1.54) is 0 Å². The summed E-state index contributed by atoms with van der Waals surface area (Å²) in [7, 11) is 0. The summed E-state index contributed by atoms with van der Waals surface area (Å²) in [4.78, 5) is 11.5. The van der Waals surface area contributed by atoms with Crippen molar-refractivity contribution in [2.24, 2.45) is 5.73 Å². The fraction of sp³-hybridized carbons (Fsp3) is 0.909. The third-order valence-electron chi connectivity index (χ3n) is 2.23. The largest absolute Gasteiger partial charge is 0.444 e. The van der Waals surface area contributed by atoms with Gasteiger partial charge in [0, 0.05) is 13.5 Å². The smallest absolute Gasteiger partial charge is 0.407 e. The van der Waals surface area contributed by atoms with Gasteiger partial charge in [-0.15, -0.1) is 0 Å². The first-order valence-electron chi connectivity index (χ1n) is 6.04. The summed E-state index contributed by atoms with van der Waals surface area (Å²) in [6.07, 6.45) is 1.74. The van der Waals surface area contributed by atoms with E-state index in [0.717, 1.165) is 19.3 Å². The number of amides is 1. The molecule has 0 aromatic heterocycles. The molecule has 0 bridgehead atoms. The van der Waals surface area contributed by atoms with E-state index in [9.17, 15) is 4.79 Å². The first kappa shape index (κ1) is 10.7. The van der Waals surface area contributed by atoms with E-state index in [2.05, 4.69) is 5.32 Å². The van der Waals surface area contributed by atoms with Crippen LogP contribution in [0.4, 0.5) is 4.79 Å². The minimum Gasteiger partial charge on any atom is -0.444 e. The average Bonchev–Trinajstić information content (AvgIpc) is 2.09. The van der Waals surface area contributed by atoms with Crippen LogP contribution in [-0.4, -0.2) is 23.8 Å². The lowest BCUT2D eigenvalue weighted by Crippen LogP contribution is -2.44. The SMILES string of the molecule is [2H][C@@H]1[C@H](N)CCC[C@@H]1NC(=O)OC(C)(C)C. The van der Waals surface area contributed by atoms with Crippen LogP contribution in [0.2, 0.25) is 0 Å². The zero-order chi connectivity index (χ0) is 12.3. The monoisotopic (exact) mass is 215 g/mol. The Balaban J connectivity index is 2.44. The molecule has 0 unspecified atom stereocenters. The molecule has 1 saturated carbocycles. The van der Waals surface area contributed by atoms with Gasteiger partial charge in [-0.1, -0.05) is 0 Å². The highest BCUT2D eigenvalue weighted by atomic mass is 16.6. The van der Waals surface area contributed by atoms with Crippen molar-refractivity contribution in [3.8, 4) is 0 Å². The van der Waals surface area contributed by atoms with Crippen LogP contribution in [0.25, 0.3) is 0 Å². The van der Waals surface area contributed by atoms with Gasteiger partial charge in [-0.3, -0.25) is 0 Å². The van der Waals surface area contributed by atoms with Crippen molar-refractivity contribution >= 4 is 6.09 Å². The van der Waals surface area contributed by atoms with Gasteiger partial charge in [0.2, 0.25) is 0 Å². The van der Waals surface area contributed by atoms with E-state index >= 15 is 0 Å². The standard InChI is InChI=1S/C11H22N2O2/c1-11(2,3)15-10(14)13-9-6-4-5-8(12)7-9/h8-9H,4-7,12H2,1-3H3,(H,13,14)/t8-,9+/m1/s1/i7D/t7-,8-,9+. The molecule has 0 radical (unpaired) electrons. The number of nitrogens with two attached hydrogens (primary N) is 1. The molecule has 4 heteroatoms. The lowest BCUT2D eigenvalue weighted by atomic mass is 9.92. The number of rotatable bonds is 1. The number of nitrogens with one attached hydrogen (secondary N) is 1. The lowest BCUT2D eigenvalue weighted by Gasteiger charge is -2.28. The molecule has 0 aromatic rings. The van der Waals surface area contributed by atoms with Gasteiger partial charge in [0.1, 0.15) is 5.60 Å². The molecule has 15 heavy (non-hydrogen) atoms. The van der Waals surface area contributed by atoms with Crippen LogP contribution in [0.1, 0.15) is 47.8 Å². The highest BCUT2D eigenvalue weighted by Crippen LogP contribution is 2.17. The fourth-order valence-corrected chi connectivity index (χ4v) is 1.64. The molecule has 0 spiro atoms. The van der Waals surface area contributed by atoms with Crippen LogP contribution in [0.3, 0.4) is 0 Å².